The lowest BCUT2D eigenvalue weighted by Crippen LogP contribution is -2.39. The summed E-state index contributed by atoms with van der Waals surface area (Å²) in [5, 5.41) is 20.5. The van der Waals surface area contributed by atoms with Gasteiger partial charge in [-0.3, -0.25) is 14.9 Å². The Bertz CT molecular complexity index is 546. The average Bonchev–Trinajstić information content (AvgIpc) is 2.85. The normalized spacial score (nSPS) is 22.2. The monoisotopic (exact) mass is 279 g/mol. The van der Waals surface area contributed by atoms with Gasteiger partial charge in [-0.15, -0.1) is 0 Å². The molecule has 0 amide bonds. The largest absolute Gasteiger partial charge is 0.481 e. The van der Waals surface area contributed by atoms with E-state index in [0.717, 1.165) is 0 Å². The minimum atomic E-state index is -0.870. The van der Waals surface area contributed by atoms with Crippen molar-refractivity contribution < 1.29 is 14.8 Å². The Kier molecular flexibility index (Phi) is 3.61. The number of nitro groups is 1. The molecule has 108 valence electrons. The van der Waals surface area contributed by atoms with Crippen LogP contribution in [0.25, 0.3) is 0 Å². The first kappa shape index (κ1) is 14.2. The number of nitrogens with zero attached hydrogens (tertiary/aromatic N) is 3. The Labute approximate surface area is 116 Å². The van der Waals surface area contributed by atoms with Crippen LogP contribution < -0.4 is 4.90 Å². The molecule has 1 N–H and O–H groups in total. The van der Waals surface area contributed by atoms with Gasteiger partial charge in [-0.05, 0) is 18.4 Å². The van der Waals surface area contributed by atoms with Crippen molar-refractivity contribution >= 4 is 17.5 Å². The van der Waals surface area contributed by atoms with Crippen LogP contribution in [-0.4, -0.2) is 34.1 Å². The van der Waals surface area contributed by atoms with E-state index in [-0.39, 0.29) is 24.0 Å². The first-order valence-electron chi connectivity index (χ1n) is 6.46. The third-order valence-corrected chi connectivity index (χ3v) is 4.09. The van der Waals surface area contributed by atoms with Gasteiger partial charge in [0.25, 0.3) is 0 Å². The Morgan fingerprint density at radius 3 is 2.80 bits per heavy atom. The topological polar surface area (TPSA) is 96.6 Å². The quantitative estimate of drug-likeness (QED) is 0.668. The Hall–Kier alpha value is -2.18. The summed E-state index contributed by atoms with van der Waals surface area (Å²) in [5.74, 6) is -0.650. The molecule has 7 nitrogen and oxygen atoms in total. The summed E-state index contributed by atoms with van der Waals surface area (Å²) in [5.41, 5.74) is -0.955. The number of hydrogen-bond donors (Lipinski definition) is 1. The standard InChI is InChI=1S/C13H17N3O4/c1-9(2)13(12(17)18)5-7-15(8-13)11-10(16(19)20)4-3-6-14-11/h3-4,6,9H,5,7-8H2,1-2H3,(H,17,18). The van der Waals surface area contributed by atoms with Crippen molar-refractivity contribution in [2.45, 2.75) is 20.3 Å². The van der Waals surface area contributed by atoms with E-state index in [4.69, 9.17) is 0 Å². The molecule has 1 aromatic rings. The van der Waals surface area contributed by atoms with Crippen molar-refractivity contribution in [1.82, 2.24) is 4.98 Å². The molecule has 1 fully saturated rings. The van der Waals surface area contributed by atoms with E-state index in [1.807, 2.05) is 13.8 Å². The van der Waals surface area contributed by atoms with E-state index in [1.165, 1.54) is 18.3 Å². The van der Waals surface area contributed by atoms with Crippen LogP contribution in [0.2, 0.25) is 0 Å². The van der Waals surface area contributed by atoms with Gasteiger partial charge in [0.1, 0.15) is 0 Å². The van der Waals surface area contributed by atoms with Gasteiger partial charge >= 0.3 is 11.7 Å². The number of carbonyl (C=O) groups is 1. The van der Waals surface area contributed by atoms with Crippen LogP contribution in [0.3, 0.4) is 0 Å². The molecule has 0 spiro atoms. The van der Waals surface area contributed by atoms with Gasteiger partial charge in [-0.2, -0.15) is 0 Å². The molecule has 1 unspecified atom stereocenters. The lowest BCUT2D eigenvalue weighted by molar-refractivity contribution is -0.384. The number of rotatable bonds is 4. The van der Waals surface area contributed by atoms with E-state index in [0.29, 0.717) is 13.0 Å². The summed E-state index contributed by atoms with van der Waals surface area (Å²) >= 11 is 0. The highest BCUT2D eigenvalue weighted by Crippen LogP contribution is 2.41. The summed E-state index contributed by atoms with van der Waals surface area (Å²) in [6.45, 7) is 4.44. The van der Waals surface area contributed by atoms with Gasteiger partial charge in [0, 0.05) is 25.4 Å². The second kappa shape index (κ2) is 5.07. The molecule has 0 aromatic carbocycles. The van der Waals surface area contributed by atoms with Crippen molar-refractivity contribution in [3.8, 4) is 0 Å². The molecule has 1 atom stereocenters. The molecular weight excluding hydrogens is 262 g/mol. The van der Waals surface area contributed by atoms with Crippen LogP contribution in [0.4, 0.5) is 11.5 Å². The Morgan fingerprint density at radius 1 is 1.60 bits per heavy atom. The predicted octanol–water partition coefficient (Wildman–Crippen LogP) is 1.93. The van der Waals surface area contributed by atoms with Crippen LogP contribution in [-0.2, 0) is 4.79 Å². The molecule has 0 bridgehead atoms. The van der Waals surface area contributed by atoms with Crippen LogP contribution >= 0.6 is 0 Å². The number of hydrogen-bond acceptors (Lipinski definition) is 5. The first-order valence-corrected chi connectivity index (χ1v) is 6.46. The van der Waals surface area contributed by atoms with Gasteiger partial charge in [-0.1, -0.05) is 13.8 Å². The van der Waals surface area contributed by atoms with Gasteiger partial charge < -0.3 is 10.0 Å². The Morgan fingerprint density at radius 2 is 2.30 bits per heavy atom. The molecule has 7 heteroatoms. The highest BCUT2D eigenvalue weighted by molar-refractivity contribution is 5.77. The summed E-state index contributed by atoms with van der Waals surface area (Å²) < 4.78 is 0. The molecule has 1 aliphatic heterocycles. The SMILES string of the molecule is CC(C)C1(C(=O)O)CCN(c2ncccc2[N+](=O)[O-])C1. The number of carboxylic acids is 1. The van der Waals surface area contributed by atoms with E-state index in [2.05, 4.69) is 4.98 Å². The van der Waals surface area contributed by atoms with Crippen molar-refractivity contribution in [3.63, 3.8) is 0 Å². The van der Waals surface area contributed by atoms with Crippen molar-refractivity contribution in [2.24, 2.45) is 11.3 Å². The Balaban J connectivity index is 2.34. The van der Waals surface area contributed by atoms with Gasteiger partial charge in [-0.25, -0.2) is 4.98 Å². The molecular formula is C13H17N3O4. The molecule has 0 radical (unpaired) electrons. The average molecular weight is 279 g/mol. The van der Waals surface area contributed by atoms with E-state index < -0.39 is 16.3 Å². The van der Waals surface area contributed by atoms with Crippen molar-refractivity contribution in [1.29, 1.82) is 0 Å². The fourth-order valence-electron chi connectivity index (χ4n) is 2.68. The smallest absolute Gasteiger partial charge is 0.311 e. The van der Waals surface area contributed by atoms with E-state index in [1.54, 1.807) is 4.90 Å². The zero-order chi connectivity index (χ0) is 14.9. The van der Waals surface area contributed by atoms with Crippen LogP contribution in [0, 0.1) is 21.4 Å². The van der Waals surface area contributed by atoms with Crippen LogP contribution in [0.1, 0.15) is 20.3 Å². The maximum atomic E-state index is 11.6. The van der Waals surface area contributed by atoms with E-state index >= 15 is 0 Å². The minimum Gasteiger partial charge on any atom is -0.481 e. The highest BCUT2D eigenvalue weighted by Gasteiger charge is 2.48. The van der Waals surface area contributed by atoms with Crippen LogP contribution in [0.5, 0.6) is 0 Å². The second-order valence-electron chi connectivity index (χ2n) is 5.39. The number of anilines is 1. The van der Waals surface area contributed by atoms with Crippen LogP contribution in [0.15, 0.2) is 18.3 Å². The number of carboxylic acid groups (broad SMARTS) is 1. The van der Waals surface area contributed by atoms with Gasteiger partial charge in [0.15, 0.2) is 0 Å². The van der Waals surface area contributed by atoms with Crippen molar-refractivity contribution in [3.05, 3.63) is 28.4 Å². The molecule has 0 aliphatic carbocycles. The lowest BCUT2D eigenvalue weighted by Gasteiger charge is -2.28. The zero-order valence-electron chi connectivity index (χ0n) is 11.4. The molecule has 20 heavy (non-hydrogen) atoms. The van der Waals surface area contributed by atoms with E-state index in [9.17, 15) is 20.0 Å². The minimum absolute atomic E-state index is 0.0484. The summed E-state index contributed by atoms with van der Waals surface area (Å²) in [6, 6.07) is 2.89. The number of aliphatic carboxylic acids is 1. The fraction of sp³-hybridized carbons (Fsp3) is 0.538. The molecule has 2 heterocycles. The maximum absolute atomic E-state index is 11.6. The third-order valence-electron chi connectivity index (χ3n) is 4.09. The fourth-order valence-corrected chi connectivity index (χ4v) is 2.68. The molecule has 1 saturated heterocycles. The number of aromatic nitrogens is 1. The van der Waals surface area contributed by atoms with Gasteiger partial charge in [0.2, 0.25) is 5.82 Å². The predicted molar refractivity (Wildman–Crippen MR) is 72.6 cm³/mol. The highest BCUT2D eigenvalue weighted by atomic mass is 16.6. The first-order chi connectivity index (χ1) is 9.38. The second-order valence-corrected chi connectivity index (χ2v) is 5.39. The summed E-state index contributed by atoms with van der Waals surface area (Å²) in [6.07, 6.45) is 1.95. The summed E-state index contributed by atoms with van der Waals surface area (Å²) in [7, 11) is 0. The zero-order valence-corrected chi connectivity index (χ0v) is 11.4. The van der Waals surface area contributed by atoms with Gasteiger partial charge in [0.05, 0.1) is 10.3 Å². The molecule has 2 rings (SSSR count). The lowest BCUT2D eigenvalue weighted by atomic mass is 9.76. The number of pyridine rings is 1. The summed E-state index contributed by atoms with van der Waals surface area (Å²) in [4.78, 5) is 27.9. The molecule has 0 saturated carbocycles. The molecule has 1 aliphatic rings. The molecule has 1 aromatic heterocycles. The third kappa shape index (κ3) is 2.19. The maximum Gasteiger partial charge on any atom is 0.311 e. The van der Waals surface area contributed by atoms with Crippen molar-refractivity contribution in [2.75, 3.05) is 18.0 Å².